The highest BCUT2D eigenvalue weighted by molar-refractivity contribution is 6.33. The van der Waals surface area contributed by atoms with Gasteiger partial charge in [-0.05, 0) is 76.7 Å². The van der Waals surface area contributed by atoms with Crippen molar-refractivity contribution >= 4 is 34.9 Å². The van der Waals surface area contributed by atoms with E-state index in [1.165, 1.54) is 34.9 Å². The molecule has 0 aliphatic carbocycles. The molecular formula is C36H34ClF4N9O5. The minimum atomic E-state index is -4.65. The number of rotatable bonds is 7. The molecule has 2 aliphatic heterocycles. The van der Waals surface area contributed by atoms with Gasteiger partial charge in [0, 0.05) is 19.6 Å². The number of carbonyl (C=O) groups excluding carboxylic acids is 2. The molecule has 7 rings (SSSR count). The number of likely N-dealkylation sites (tertiary alicyclic amines) is 1. The number of halogens is 5. The fraction of sp³-hybridized carbons (Fsp3) is 0.361. The zero-order chi connectivity index (χ0) is 39.6. The van der Waals surface area contributed by atoms with Crippen molar-refractivity contribution in [3.8, 4) is 17.1 Å². The Balaban J connectivity index is 1.29. The Morgan fingerprint density at radius 3 is 2.51 bits per heavy atom. The summed E-state index contributed by atoms with van der Waals surface area (Å²) in [6.07, 6.45) is -4.00. The van der Waals surface area contributed by atoms with E-state index in [4.69, 9.17) is 16.3 Å². The van der Waals surface area contributed by atoms with Crippen LogP contribution in [0.2, 0.25) is 5.02 Å². The summed E-state index contributed by atoms with van der Waals surface area (Å²) in [5.41, 5.74) is -1.73. The van der Waals surface area contributed by atoms with Crippen LogP contribution in [0.3, 0.4) is 0 Å². The second-order valence-electron chi connectivity index (χ2n) is 13.8. The Kier molecular flexibility index (Phi) is 9.63. The van der Waals surface area contributed by atoms with Crippen molar-refractivity contribution in [2.24, 2.45) is 0 Å². The number of fused-ring (bicyclic) bond motifs is 3. The number of nitrogens with one attached hydrogen (secondary N) is 1. The average molecular weight is 784 g/mol. The SMILES string of the molecule is Cc1ncnc(C(=O)N2CCC3(CC2)O[C@@H](C)c2c3c(=O)n3nc(-c4ccc(CN(C)C)cc4F)nc3n2CC(=O)Nc2ccc(C(F)(F)F)cc2Cl)c1O. The topological polar surface area (TPSA) is 160 Å². The molecule has 1 fully saturated rings. The molecule has 0 saturated carbocycles. The number of piperidine rings is 1. The number of nitrogens with zero attached hydrogens (tertiary/aromatic N) is 8. The first-order chi connectivity index (χ1) is 26.0. The Labute approximate surface area is 315 Å². The van der Waals surface area contributed by atoms with Gasteiger partial charge in [0.25, 0.3) is 11.5 Å². The van der Waals surface area contributed by atoms with Gasteiger partial charge < -0.3 is 29.5 Å². The molecule has 288 valence electrons. The van der Waals surface area contributed by atoms with Gasteiger partial charge >= 0.3 is 6.18 Å². The number of anilines is 1. The van der Waals surface area contributed by atoms with Crippen LogP contribution in [0.1, 0.15) is 64.4 Å². The van der Waals surface area contributed by atoms with Crippen molar-refractivity contribution in [1.29, 1.82) is 0 Å². The summed E-state index contributed by atoms with van der Waals surface area (Å²) in [6.45, 7) is 3.37. The van der Waals surface area contributed by atoms with E-state index in [2.05, 4.69) is 25.4 Å². The Morgan fingerprint density at radius 2 is 1.85 bits per heavy atom. The number of amides is 2. The number of hydrogen-bond acceptors (Lipinski definition) is 10. The number of ether oxygens (including phenoxy) is 1. The van der Waals surface area contributed by atoms with Crippen LogP contribution in [0, 0.1) is 12.7 Å². The van der Waals surface area contributed by atoms with Crippen molar-refractivity contribution < 1.29 is 37.0 Å². The summed E-state index contributed by atoms with van der Waals surface area (Å²) < 4.78 is 64.3. The highest BCUT2D eigenvalue weighted by Gasteiger charge is 2.51. The molecule has 2 aromatic carbocycles. The first-order valence-corrected chi connectivity index (χ1v) is 17.5. The Hall–Kier alpha value is -5.46. The zero-order valence-corrected chi connectivity index (χ0v) is 30.7. The number of aryl methyl sites for hydroxylation is 1. The lowest BCUT2D eigenvalue weighted by Gasteiger charge is -2.39. The molecule has 2 aliphatic rings. The maximum absolute atomic E-state index is 15.5. The van der Waals surface area contributed by atoms with E-state index < -0.39 is 53.2 Å². The third-order valence-corrected chi connectivity index (χ3v) is 10.1. The van der Waals surface area contributed by atoms with E-state index in [1.54, 1.807) is 13.0 Å². The molecule has 1 spiro atoms. The van der Waals surface area contributed by atoms with Gasteiger partial charge in [-0.2, -0.15) is 22.7 Å². The van der Waals surface area contributed by atoms with E-state index in [-0.39, 0.29) is 82.2 Å². The summed E-state index contributed by atoms with van der Waals surface area (Å²) in [6, 6.07) is 7.06. The van der Waals surface area contributed by atoms with E-state index >= 15 is 4.39 Å². The van der Waals surface area contributed by atoms with Crippen LogP contribution in [0.5, 0.6) is 5.75 Å². The maximum Gasteiger partial charge on any atom is 0.416 e. The third-order valence-electron chi connectivity index (χ3n) is 9.74. The lowest BCUT2D eigenvalue weighted by atomic mass is 9.85. The third kappa shape index (κ3) is 6.89. The quantitative estimate of drug-likeness (QED) is 0.213. The van der Waals surface area contributed by atoms with Crippen LogP contribution in [0.25, 0.3) is 17.2 Å². The minimum absolute atomic E-state index is 0.00680. The summed E-state index contributed by atoms with van der Waals surface area (Å²) >= 11 is 6.13. The predicted octanol–water partition coefficient (Wildman–Crippen LogP) is 5.10. The summed E-state index contributed by atoms with van der Waals surface area (Å²) in [7, 11) is 3.68. The molecule has 14 nitrogen and oxygen atoms in total. The van der Waals surface area contributed by atoms with Gasteiger partial charge in [-0.15, -0.1) is 5.10 Å². The highest BCUT2D eigenvalue weighted by Crippen LogP contribution is 2.48. The molecule has 2 N–H and O–H groups in total. The second kappa shape index (κ2) is 14.0. The Bertz CT molecular complexity index is 2430. The fourth-order valence-corrected chi connectivity index (χ4v) is 7.42. The summed E-state index contributed by atoms with van der Waals surface area (Å²) in [5, 5.41) is 17.0. The molecular weight excluding hydrogens is 750 g/mol. The number of alkyl halides is 3. The van der Waals surface area contributed by atoms with Crippen LogP contribution in [-0.2, 0) is 34.4 Å². The minimum Gasteiger partial charge on any atom is -0.504 e. The van der Waals surface area contributed by atoms with E-state index in [0.717, 1.165) is 16.6 Å². The lowest BCUT2D eigenvalue weighted by molar-refractivity contribution is -0.137. The first-order valence-electron chi connectivity index (χ1n) is 17.1. The van der Waals surface area contributed by atoms with Gasteiger partial charge in [-0.1, -0.05) is 17.7 Å². The highest BCUT2D eigenvalue weighted by atomic mass is 35.5. The van der Waals surface area contributed by atoms with Crippen molar-refractivity contribution in [3.63, 3.8) is 0 Å². The van der Waals surface area contributed by atoms with Crippen LogP contribution in [0.15, 0.2) is 47.5 Å². The van der Waals surface area contributed by atoms with Crippen LogP contribution >= 0.6 is 11.6 Å². The average Bonchev–Trinajstić information content (AvgIpc) is 3.68. The first kappa shape index (κ1) is 37.8. The number of benzene rings is 2. The fourth-order valence-electron chi connectivity index (χ4n) is 7.19. The molecule has 1 saturated heterocycles. The molecule has 0 bridgehead atoms. The predicted molar refractivity (Wildman–Crippen MR) is 190 cm³/mol. The molecule has 2 amide bonds. The molecule has 5 heterocycles. The molecule has 1 atom stereocenters. The van der Waals surface area contributed by atoms with Crippen molar-refractivity contribution in [2.75, 3.05) is 32.5 Å². The molecule has 0 unspecified atom stereocenters. The van der Waals surface area contributed by atoms with Crippen LogP contribution in [0.4, 0.5) is 23.2 Å². The van der Waals surface area contributed by atoms with Gasteiger partial charge in [0.2, 0.25) is 11.7 Å². The smallest absolute Gasteiger partial charge is 0.416 e. The Morgan fingerprint density at radius 1 is 1.13 bits per heavy atom. The van der Waals surface area contributed by atoms with Crippen LogP contribution < -0.4 is 10.9 Å². The van der Waals surface area contributed by atoms with Gasteiger partial charge in [0.1, 0.15) is 24.3 Å². The zero-order valence-electron chi connectivity index (χ0n) is 29.9. The maximum atomic E-state index is 15.5. The van der Waals surface area contributed by atoms with Crippen molar-refractivity contribution in [3.05, 3.63) is 97.7 Å². The second-order valence-corrected chi connectivity index (χ2v) is 14.2. The van der Waals surface area contributed by atoms with Gasteiger partial charge in [0.15, 0.2) is 17.3 Å². The number of aromatic nitrogens is 6. The van der Waals surface area contributed by atoms with Crippen LogP contribution in [-0.4, -0.2) is 83.0 Å². The van der Waals surface area contributed by atoms with Crippen molar-refractivity contribution in [1.82, 2.24) is 38.9 Å². The molecule has 5 aromatic rings. The van der Waals surface area contributed by atoms with Crippen molar-refractivity contribution in [2.45, 2.75) is 57.7 Å². The van der Waals surface area contributed by atoms with E-state index in [0.29, 0.717) is 18.2 Å². The number of aromatic hydroxyl groups is 1. The standard InChI is InChI=1S/C36H34ClF4N9O5/c1-18-30(52)28(43-17-42-18)33(54)48-11-9-35(10-12-48)27-29(19(2)55-35)49(16-26(51)44-25-8-6-21(14-23(25)37)36(39,40)41)34-45-31(46-50(34)32(27)53)22-7-5-20(13-24(22)38)15-47(3)4/h5-8,13-14,17,19,52H,9-12,15-16H2,1-4H3,(H,44,51)/t19-/m0/s1. The summed E-state index contributed by atoms with van der Waals surface area (Å²) in [5.74, 6) is -2.47. The lowest BCUT2D eigenvalue weighted by Crippen LogP contribution is -2.47. The van der Waals surface area contributed by atoms with Gasteiger partial charge in [-0.3, -0.25) is 14.4 Å². The van der Waals surface area contributed by atoms with E-state index in [1.807, 2.05) is 19.0 Å². The molecule has 55 heavy (non-hydrogen) atoms. The monoisotopic (exact) mass is 783 g/mol. The summed E-state index contributed by atoms with van der Waals surface area (Å²) in [4.78, 5) is 57.3. The largest absolute Gasteiger partial charge is 0.504 e. The number of hydrogen-bond donors (Lipinski definition) is 2. The normalized spacial score (nSPS) is 16.6. The molecule has 19 heteroatoms. The van der Waals surface area contributed by atoms with Gasteiger partial charge in [0.05, 0.1) is 44.9 Å². The number of carbonyl (C=O) groups is 2. The van der Waals surface area contributed by atoms with Gasteiger partial charge in [-0.25, -0.2) is 14.4 Å². The molecule has 3 aromatic heterocycles. The molecule has 0 radical (unpaired) electrons. The van der Waals surface area contributed by atoms with E-state index in [9.17, 15) is 32.7 Å².